The fourth-order valence-corrected chi connectivity index (χ4v) is 2.79. The number of fused-ring (bicyclic) bond motifs is 1. The minimum Gasteiger partial charge on any atom is -0.354 e. The average molecular weight is 359 g/mol. The molecule has 3 aromatic rings. The van der Waals surface area contributed by atoms with Gasteiger partial charge in [0.2, 0.25) is 0 Å². The zero-order valence-electron chi connectivity index (χ0n) is 12.4. The van der Waals surface area contributed by atoms with E-state index in [1.807, 2.05) is 0 Å². The lowest BCUT2D eigenvalue weighted by Gasteiger charge is -2.19. The number of imide groups is 1. The Bertz CT molecular complexity index is 1020. The van der Waals surface area contributed by atoms with E-state index in [0.717, 1.165) is 23.1 Å². The van der Waals surface area contributed by atoms with Gasteiger partial charge in [-0.1, -0.05) is 11.6 Å². The number of carbonyl (C=O) groups excluding carboxylic acids is 2. The predicted molar refractivity (Wildman–Crippen MR) is 88.1 cm³/mol. The number of hydrogen-bond acceptors (Lipinski definition) is 6. The second-order valence-electron chi connectivity index (χ2n) is 5.22. The maximum absolute atomic E-state index is 13.6. The molecular weight excluding hydrogens is 351 g/mol. The molecule has 0 atom stereocenters. The largest absolute Gasteiger partial charge is 0.354 e. The predicted octanol–water partition coefficient (Wildman–Crippen LogP) is 3.19. The van der Waals surface area contributed by atoms with Crippen LogP contribution in [0.15, 0.2) is 47.1 Å². The van der Waals surface area contributed by atoms with Crippen LogP contribution >= 0.6 is 11.6 Å². The van der Waals surface area contributed by atoms with Crippen molar-refractivity contribution in [3.63, 3.8) is 0 Å². The summed E-state index contributed by atoms with van der Waals surface area (Å²) < 4.78 is 18.3. The number of nitrogens with zero attached hydrogens (tertiary/aromatic N) is 3. The van der Waals surface area contributed by atoms with Gasteiger partial charge in [0.05, 0.1) is 5.69 Å². The maximum atomic E-state index is 13.6. The Morgan fingerprint density at radius 1 is 1.08 bits per heavy atom. The Balaban J connectivity index is 1.87. The molecule has 0 unspecified atom stereocenters. The Hall–Kier alpha value is -3.26. The van der Waals surface area contributed by atoms with Crippen LogP contribution in [0.2, 0.25) is 5.02 Å². The van der Waals surface area contributed by atoms with Gasteiger partial charge in [-0.05, 0) is 40.6 Å². The first-order valence-corrected chi connectivity index (χ1v) is 7.45. The van der Waals surface area contributed by atoms with Gasteiger partial charge in [-0.25, -0.2) is 13.9 Å². The van der Waals surface area contributed by atoms with Crippen LogP contribution in [0.25, 0.3) is 11.0 Å². The van der Waals surface area contributed by atoms with Gasteiger partial charge in [-0.15, -0.1) is 0 Å². The monoisotopic (exact) mass is 358 g/mol. The van der Waals surface area contributed by atoms with Crippen molar-refractivity contribution in [1.82, 2.24) is 10.3 Å². The lowest BCUT2D eigenvalue weighted by molar-refractivity contribution is -0.119. The third-order valence-electron chi connectivity index (χ3n) is 3.58. The Morgan fingerprint density at radius 3 is 2.56 bits per heavy atom. The fourth-order valence-electron chi connectivity index (χ4n) is 2.57. The van der Waals surface area contributed by atoms with E-state index in [-0.39, 0.29) is 16.2 Å². The van der Waals surface area contributed by atoms with E-state index in [4.69, 9.17) is 16.2 Å². The molecule has 1 aliphatic rings. The van der Waals surface area contributed by atoms with Gasteiger partial charge in [0.1, 0.15) is 17.0 Å². The van der Waals surface area contributed by atoms with E-state index in [0.29, 0.717) is 16.9 Å². The van der Waals surface area contributed by atoms with Crippen LogP contribution in [-0.4, -0.2) is 22.1 Å². The molecule has 1 aliphatic heterocycles. The molecule has 124 valence electrons. The number of aromatic nitrogens is 2. The van der Waals surface area contributed by atoms with Crippen molar-refractivity contribution < 1.29 is 18.6 Å². The summed E-state index contributed by atoms with van der Waals surface area (Å²) >= 11 is 5.86. The maximum Gasteiger partial charge on any atom is 0.258 e. The number of rotatable bonds is 3. The van der Waals surface area contributed by atoms with Gasteiger partial charge < -0.3 is 5.32 Å². The third-order valence-corrected chi connectivity index (χ3v) is 3.79. The summed E-state index contributed by atoms with van der Waals surface area (Å²) in [5.74, 6) is -1.59. The highest BCUT2D eigenvalue weighted by Crippen LogP contribution is 2.37. The first kappa shape index (κ1) is 15.3. The molecule has 9 heteroatoms. The smallest absolute Gasteiger partial charge is 0.258 e. The minimum absolute atomic E-state index is 0.166. The highest BCUT2D eigenvalue weighted by Gasteiger charge is 2.30. The Kier molecular flexibility index (Phi) is 3.47. The lowest BCUT2D eigenvalue weighted by Crippen LogP contribution is -2.30. The zero-order chi connectivity index (χ0) is 17.6. The Labute approximate surface area is 144 Å². The van der Waals surface area contributed by atoms with Gasteiger partial charge in [-0.2, -0.15) is 0 Å². The highest BCUT2D eigenvalue weighted by atomic mass is 35.5. The SMILES string of the molecule is O=C1C=CC(=O)N1c1c(Nc2cc(F)cc(Cl)c2)ccc2nonc12. The fraction of sp³-hybridized carbons (Fsp3) is 0. The summed E-state index contributed by atoms with van der Waals surface area (Å²) in [6, 6.07) is 7.07. The van der Waals surface area contributed by atoms with Crippen LogP contribution in [0.1, 0.15) is 0 Å². The number of amides is 2. The van der Waals surface area contributed by atoms with Gasteiger partial charge >= 0.3 is 0 Å². The number of halogens is 2. The van der Waals surface area contributed by atoms with Crippen LogP contribution in [0, 0.1) is 5.82 Å². The molecular formula is C16H8ClFN4O3. The van der Waals surface area contributed by atoms with Crippen LogP contribution in [-0.2, 0) is 9.59 Å². The molecule has 0 saturated carbocycles. The van der Waals surface area contributed by atoms with Crippen molar-refractivity contribution in [2.75, 3.05) is 10.2 Å². The molecule has 2 amide bonds. The van der Waals surface area contributed by atoms with Crippen LogP contribution in [0.3, 0.4) is 0 Å². The second kappa shape index (κ2) is 5.67. The minimum atomic E-state index is -0.532. The van der Waals surface area contributed by atoms with E-state index >= 15 is 0 Å². The van der Waals surface area contributed by atoms with Crippen LogP contribution < -0.4 is 10.2 Å². The number of carbonyl (C=O) groups is 2. The molecule has 2 heterocycles. The van der Waals surface area contributed by atoms with Crippen molar-refractivity contribution in [2.45, 2.75) is 0 Å². The first-order valence-electron chi connectivity index (χ1n) is 7.07. The topological polar surface area (TPSA) is 88.3 Å². The van der Waals surface area contributed by atoms with Crippen molar-refractivity contribution in [3.8, 4) is 0 Å². The molecule has 7 nitrogen and oxygen atoms in total. The number of hydrogen-bond donors (Lipinski definition) is 1. The average Bonchev–Trinajstić information content (AvgIpc) is 3.14. The van der Waals surface area contributed by atoms with Gasteiger partial charge in [0.25, 0.3) is 11.8 Å². The van der Waals surface area contributed by atoms with Crippen molar-refractivity contribution >= 4 is 51.5 Å². The third kappa shape index (κ3) is 2.62. The number of benzene rings is 2. The molecule has 0 bridgehead atoms. The quantitative estimate of drug-likeness (QED) is 0.723. The standard InChI is InChI=1S/C16H8ClFN4O3/c17-8-5-9(18)7-10(6-8)19-12-2-1-11-15(21-25-20-11)16(12)22-13(23)3-4-14(22)24/h1-7,19H. The summed E-state index contributed by atoms with van der Waals surface area (Å²) in [4.78, 5) is 25.1. The lowest BCUT2D eigenvalue weighted by atomic mass is 10.2. The van der Waals surface area contributed by atoms with Gasteiger partial charge in [-0.3, -0.25) is 9.59 Å². The van der Waals surface area contributed by atoms with E-state index in [1.54, 1.807) is 12.1 Å². The zero-order valence-corrected chi connectivity index (χ0v) is 13.1. The van der Waals surface area contributed by atoms with E-state index in [2.05, 4.69) is 15.6 Å². The van der Waals surface area contributed by atoms with Crippen molar-refractivity contribution in [3.05, 3.63) is 53.3 Å². The highest BCUT2D eigenvalue weighted by molar-refractivity contribution is 6.32. The van der Waals surface area contributed by atoms with Crippen LogP contribution in [0.4, 0.5) is 21.5 Å². The summed E-state index contributed by atoms with van der Waals surface area (Å²) in [5.41, 5.74) is 1.44. The number of anilines is 3. The van der Waals surface area contributed by atoms with E-state index in [1.165, 1.54) is 12.1 Å². The summed E-state index contributed by atoms with van der Waals surface area (Å²) in [6.07, 6.45) is 2.30. The number of nitrogens with one attached hydrogen (secondary N) is 1. The summed E-state index contributed by atoms with van der Waals surface area (Å²) in [7, 11) is 0. The molecule has 0 fully saturated rings. The molecule has 0 spiro atoms. The molecule has 4 rings (SSSR count). The summed E-state index contributed by atoms with van der Waals surface area (Å²) in [5, 5.41) is 10.6. The van der Waals surface area contributed by atoms with Crippen molar-refractivity contribution in [1.29, 1.82) is 0 Å². The second-order valence-corrected chi connectivity index (χ2v) is 5.66. The van der Waals surface area contributed by atoms with Gasteiger partial charge in [0.15, 0.2) is 5.52 Å². The van der Waals surface area contributed by atoms with Gasteiger partial charge in [0, 0.05) is 22.9 Å². The molecule has 0 radical (unpaired) electrons. The first-order chi connectivity index (χ1) is 12.0. The summed E-state index contributed by atoms with van der Waals surface area (Å²) in [6.45, 7) is 0. The Morgan fingerprint density at radius 2 is 1.84 bits per heavy atom. The van der Waals surface area contributed by atoms with E-state index in [9.17, 15) is 14.0 Å². The molecule has 2 aromatic carbocycles. The molecule has 0 saturated heterocycles. The van der Waals surface area contributed by atoms with Crippen molar-refractivity contribution in [2.24, 2.45) is 0 Å². The van der Waals surface area contributed by atoms with E-state index < -0.39 is 17.6 Å². The molecule has 1 aromatic heterocycles. The molecule has 1 N–H and O–H groups in total. The molecule has 0 aliphatic carbocycles. The van der Waals surface area contributed by atoms with Crippen LogP contribution in [0.5, 0.6) is 0 Å². The molecule has 25 heavy (non-hydrogen) atoms. The normalized spacial score (nSPS) is 13.9.